The molecule has 1 fully saturated rings. The summed E-state index contributed by atoms with van der Waals surface area (Å²) < 4.78 is 34.2. The molecule has 0 aromatic heterocycles. The van der Waals surface area contributed by atoms with E-state index >= 15 is 0 Å². The maximum atomic E-state index is 12.6. The fourth-order valence-corrected chi connectivity index (χ4v) is 3.74. The molecule has 0 aromatic carbocycles. The molecule has 0 aromatic rings. The third-order valence-corrected chi connectivity index (χ3v) is 4.82. The van der Waals surface area contributed by atoms with Gasteiger partial charge in [0.2, 0.25) is 0 Å². The highest BCUT2D eigenvalue weighted by molar-refractivity contribution is 9.09. The van der Waals surface area contributed by atoms with Crippen molar-refractivity contribution in [1.29, 1.82) is 0 Å². The van der Waals surface area contributed by atoms with E-state index in [9.17, 15) is 4.57 Å². The predicted molar refractivity (Wildman–Crippen MR) is 68.5 cm³/mol. The van der Waals surface area contributed by atoms with Crippen molar-refractivity contribution in [3.63, 3.8) is 0 Å². The van der Waals surface area contributed by atoms with Crippen molar-refractivity contribution in [2.24, 2.45) is 0 Å². The molecule has 2 unspecified atom stereocenters. The minimum atomic E-state index is -3.40. The number of ether oxygens (including phenoxy) is 2. The van der Waals surface area contributed by atoms with Gasteiger partial charge in [-0.05, 0) is 27.7 Å². The van der Waals surface area contributed by atoms with Crippen molar-refractivity contribution >= 4 is 23.5 Å². The van der Waals surface area contributed by atoms with Crippen molar-refractivity contribution in [3.8, 4) is 0 Å². The van der Waals surface area contributed by atoms with Crippen LogP contribution < -0.4 is 0 Å². The number of rotatable bonds is 6. The van der Waals surface area contributed by atoms with Crippen LogP contribution in [0.3, 0.4) is 0 Å². The van der Waals surface area contributed by atoms with Crippen LogP contribution in [0.15, 0.2) is 0 Å². The quantitative estimate of drug-likeness (QED) is 0.553. The van der Waals surface area contributed by atoms with Crippen LogP contribution in [-0.2, 0) is 23.1 Å². The van der Waals surface area contributed by atoms with Crippen molar-refractivity contribution in [2.45, 2.75) is 52.0 Å². The van der Waals surface area contributed by atoms with Gasteiger partial charge in [0.15, 0.2) is 0 Å². The lowest BCUT2D eigenvalue weighted by atomic mass is 10.5. The molecular weight excluding hydrogens is 311 g/mol. The van der Waals surface area contributed by atoms with E-state index in [1.54, 1.807) is 27.7 Å². The zero-order valence-corrected chi connectivity index (χ0v) is 13.1. The molecule has 1 aliphatic heterocycles. The lowest BCUT2D eigenvalue weighted by Gasteiger charge is -2.26. The molecule has 1 rings (SSSR count). The average Bonchev–Trinajstić information content (AvgIpc) is 2.63. The van der Waals surface area contributed by atoms with Crippen LogP contribution in [0.5, 0.6) is 0 Å². The molecule has 0 radical (unpaired) electrons. The van der Waals surface area contributed by atoms with E-state index < -0.39 is 13.6 Å². The lowest BCUT2D eigenvalue weighted by molar-refractivity contribution is -0.0259. The van der Waals surface area contributed by atoms with Gasteiger partial charge in [-0.25, -0.2) is 0 Å². The molecule has 17 heavy (non-hydrogen) atoms. The van der Waals surface area contributed by atoms with Gasteiger partial charge in [0.1, 0.15) is 0 Å². The first-order valence-electron chi connectivity index (χ1n) is 5.67. The fourth-order valence-electron chi connectivity index (χ4n) is 1.39. The van der Waals surface area contributed by atoms with E-state index in [0.29, 0.717) is 11.9 Å². The number of alkyl halides is 1. The van der Waals surface area contributed by atoms with Gasteiger partial charge in [-0.3, -0.25) is 4.57 Å². The van der Waals surface area contributed by atoms with E-state index in [1.165, 1.54) is 0 Å². The third kappa shape index (κ3) is 4.62. The molecule has 7 heteroatoms. The second kappa shape index (κ2) is 6.64. The monoisotopic (exact) mass is 330 g/mol. The minimum Gasteiger partial charge on any atom is -0.340 e. The maximum Gasteiger partial charge on any atom is 0.386 e. The Kier molecular flexibility index (Phi) is 6.10. The zero-order valence-electron chi connectivity index (χ0n) is 10.6. The second-order valence-corrected chi connectivity index (χ2v) is 6.97. The molecular formula is C10H20BrO5P. The third-order valence-electron chi connectivity index (χ3n) is 1.88. The Hall–Kier alpha value is 0.550. The van der Waals surface area contributed by atoms with Gasteiger partial charge in [-0.15, -0.1) is 0 Å². The molecule has 0 amide bonds. The van der Waals surface area contributed by atoms with Crippen LogP contribution in [0.1, 0.15) is 27.7 Å². The predicted octanol–water partition coefficient (Wildman–Crippen LogP) is 3.12. The highest BCUT2D eigenvalue weighted by Gasteiger charge is 2.45. The Morgan fingerprint density at radius 2 is 1.82 bits per heavy atom. The van der Waals surface area contributed by atoms with Gasteiger partial charge < -0.3 is 18.5 Å². The summed E-state index contributed by atoms with van der Waals surface area (Å²) in [5.74, 6) is 0. The molecule has 0 bridgehead atoms. The van der Waals surface area contributed by atoms with E-state index in [1.807, 2.05) is 0 Å². The topological polar surface area (TPSA) is 54.0 Å². The molecule has 1 heterocycles. The van der Waals surface area contributed by atoms with Gasteiger partial charge in [-0.1, -0.05) is 15.9 Å². The first-order chi connectivity index (χ1) is 7.87. The molecule has 0 aliphatic carbocycles. The highest BCUT2D eigenvalue weighted by Crippen LogP contribution is 2.57. The van der Waals surface area contributed by atoms with Gasteiger partial charge in [0, 0.05) is 5.33 Å². The lowest BCUT2D eigenvalue weighted by Crippen LogP contribution is -2.20. The van der Waals surface area contributed by atoms with Gasteiger partial charge in [0.25, 0.3) is 6.03 Å². The summed E-state index contributed by atoms with van der Waals surface area (Å²) in [5.41, 5.74) is 0. The highest BCUT2D eigenvalue weighted by atomic mass is 79.9. The standard InChI is InChI=1S/C10H20BrO5P/c1-7(2)15-17(12,16-8(3)4)10-13-6-9(5-11)14-10/h7-10H,5-6H2,1-4H3. The van der Waals surface area contributed by atoms with Crippen molar-refractivity contribution < 1.29 is 23.1 Å². The zero-order chi connectivity index (χ0) is 13.1. The first kappa shape index (κ1) is 15.6. The van der Waals surface area contributed by atoms with E-state index in [-0.39, 0.29) is 18.3 Å². The van der Waals surface area contributed by atoms with Crippen LogP contribution in [0.25, 0.3) is 0 Å². The Morgan fingerprint density at radius 1 is 1.29 bits per heavy atom. The first-order valence-corrected chi connectivity index (χ1v) is 8.40. The largest absolute Gasteiger partial charge is 0.386 e. The summed E-state index contributed by atoms with van der Waals surface area (Å²) in [7, 11) is -3.40. The van der Waals surface area contributed by atoms with Gasteiger partial charge in [0.05, 0.1) is 24.9 Å². The molecule has 0 spiro atoms. The van der Waals surface area contributed by atoms with Gasteiger partial charge >= 0.3 is 7.60 Å². The number of halogens is 1. The summed E-state index contributed by atoms with van der Waals surface area (Å²) in [4.78, 5) is 0. The van der Waals surface area contributed by atoms with E-state index in [2.05, 4.69) is 15.9 Å². The van der Waals surface area contributed by atoms with Crippen LogP contribution in [-0.4, -0.2) is 36.3 Å². The number of hydrogen-bond donors (Lipinski definition) is 0. The minimum absolute atomic E-state index is 0.111. The SMILES string of the molecule is CC(C)OP(=O)(OC(C)C)C1OCC(CBr)O1. The molecule has 102 valence electrons. The Bertz CT molecular complexity index is 270. The van der Waals surface area contributed by atoms with Crippen LogP contribution in [0, 0.1) is 0 Å². The fraction of sp³-hybridized carbons (Fsp3) is 1.00. The molecule has 1 saturated heterocycles. The van der Waals surface area contributed by atoms with Crippen LogP contribution in [0.2, 0.25) is 0 Å². The van der Waals surface area contributed by atoms with Crippen LogP contribution >= 0.6 is 23.5 Å². The van der Waals surface area contributed by atoms with Gasteiger partial charge in [-0.2, -0.15) is 0 Å². The maximum absolute atomic E-state index is 12.6. The normalized spacial score (nSPS) is 26.1. The summed E-state index contributed by atoms with van der Waals surface area (Å²) >= 11 is 3.30. The Labute approximate surface area is 111 Å². The van der Waals surface area contributed by atoms with Crippen molar-refractivity contribution in [2.75, 3.05) is 11.9 Å². The molecule has 5 nitrogen and oxygen atoms in total. The molecule has 1 aliphatic rings. The van der Waals surface area contributed by atoms with Crippen LogP contribution in [0.4, 0.5) is 0 Å². The Balaban J connectivity index is 2.73. The van der Waals surface area contributed by atoms with E-state index in [4.69, 9.17) is 18.5 Å². The molecule has 0 N–H and O–H groups in total. The summed E-state index contributed by atoms with van der Waals surface area (Å²) in [5, 5.41) is 0.632. The summed E-state index contributed by atoms with van der Waals surface area (Å²) in [6.07, 6.45) is -0.538. The summed E-state index contributed by atoms with van der Waals surface area (Å²) in [6.45, 7) is 7.59. The molecule has 2 atom stereocenters. The summed E-state index contributed by atoms with van der Waals surface area (Å²) in [6, 6.07) is -0.921. The van der Waals surface area contributed by atoms with Crippen molar-refractivity contribution in [1.82, 2.24) is 0 Å². The smallest absolute Gasteiger partial charge is 0.340 e. The molecule has 0 saturated carbocycles. The Morgan fingerprint density at radius 3 is 2.18 bits per heavy atom. The number of hydrogen-bond acceptors (Lipinski definition) is 5. The van der Waals surface area contributed by atoms with E-state index in [0.717, 1.165) is 0 Å². The average molecular weight is 331 g/mol. The second-order valence-electron chi connectivity index (χ2n) is 4.40. The van der Waals surface area contributed by atoms with Crippen molar-refractivity contribution in [3.05, 3.63) is 0 Å².